The van der Waals surface area contributed by atoms with Gasteiger partial charge in [0.05, 0.1) is 7.11 Å². The molecule has 0 radical (unpaired) electrons. The molecule has 0 aromatic heterocycles. The van der Waals surface area contributed by atoms with Crippen LogP contribution in [0.3, 0.4) is 0 Å². The molecule has 20 heavy (non-hydrogen) atoms. The lowest BCUT2D eigenvalue weighted by molar-refractivity contribution is -0.118. The minimum absolute atomic E-state index is 0.202. The fourth-order valence-electron chi connectivity index (χ4n) is 2.89. The monoisotopic (exact) mass is 279 g/mol. The van der Waals surface area contributed by atoms with Crippen LogP contribution in [0, 0.1) is 5.82 Å². The molecule has 1 aromatic carbocycles. The largest absolute Gasteiger partial charge is 0.494 e. The van der Waals surface area contributed by atoms with Crippen LogP contribution in [-0.2, 0) is 11.3 Å². The normalized spacial score (nSPS) is 19.9. The van der Waals surface area contributed by atoms with Crippen LogP contribution in [0.15, 0.2) is 18.2 Å². The van der Waals surface area contributed by atoms with Crippen LogP contribution in [0.1, 0.15) is 38.2 Å². The van der Waals surface area contributed by atoms with E-state index in [2.05, 4.69) is 4.90 Å². The molecule has 1 aromatic rings. The third-order valence-corrected chi connectivity index (χ3v) is 3.91. The van der Waals surface area contributed by atoms with Gasteiger partial charge in [-0.05, 0) is 32.4 Å². The van der Waals surface area contributed by atoms with Crippen LogP contribution in [0.25, 0.3) is 0 Å². The van der Waals surface area contributed by atoms with Crippen molar-refractivity contribution in [2.75, 3.05) is 13.7 Å². The van der Waals surface area contributed by atoms with Crippen LogP contribution in [-0.4, -0.2) is 30.4 Å². The van der Waals surface area contributed by atoms with Crippen molar-refractivity contribution >= 4 is 5.78 Å². The molecule has 110 valence electrons. The number of nitrogens with zero attached hydrogens (tertiary/aromatic N) is 1. The number of halogens is 1. The van der Waals surface area contributed by atoms with Crippen molar-refractivity contribution in [1.29, 1.82) is 0 Å². The topological polar surface area (TPSA) is 29.5 Å². The maximum atomic E-state index is 14.2. The Kier molecular flexibility index (Phi) is 5.12. The van der Waals surface area contributed by atoms with Gasteiger partial charge < -0.3 is 4.74 Å². The first-order chi connectivity index (χ1) is 9.61. The fourth-order valence-corrected chi connectivity index (χ4v) is 2.89. The van der Waals surface area contributed by atoms with Crippen LogP contribution in [0.4, 0.5) is 4.39 Å². The van der Waals surface area contributed by atoms with Crippen molar-refractivity contribution in [2.24, 2.45) is 0 Å². The summed E-state index contributed by atoms with van der Waals surface area (Å²) >= 11 is 0. The van der Waals surface area contributed by atoms with Crippen molar-refractivity contribution in [3.8, 4) is 5.75 Å². The fraction of sp³-hybridized carbons (Fsp3) is 0.562. The number of ketones is 1. The summed E-state index contributed by atoms with van der Waals surface area (Å²) in [5.41, 5.74) is 0.639. The van der Waals surface area contributed by atoms with E-state index in [9.17, 15) is 9.18 Å². The first-order valence-electron chi connectivity index (χ1n) is 7.16. The highest BCUT2D eigenvalue weighted by atomic mass is 19.1. The summed E-state index contributed by atoms with van der Waals surface area (Å²) in [6.45, 7) is 3.09. The Bertz CT molecular complexity index is 476. The van der Waals surface area contributed by atoms with Gasteiger partial charge in [-0.1, -0.05) is 18.6 Å². The molecular formula is C16H22FNO2. The third-order valence-electron chi connectivity index (χ3n) is 3.91. The number of carbonyl (C=O) groups is 1. The number of ether oxygens (including phenoxy) is 1. The second kappa shape index (κ2) is 6.84. The molecule has 1 aliphatic heterocycles. The van der Waals surface area contributed by atoms with Gasteiger partial charge in [0.1, 0.15) is 5.78 Å². The minimum Gasteiger partial charge on any atom is -0.494 e. The van der Waals surface area contributed by atoms with E-state index in [0.29, 0.717) is 18.5 Å². The van der Waals surface area contributed by atoms with Gasteiger partial charge >= 0.3 is 0 Å². The highest BCUT2D eigenvalue weighted by molar-refractivity contribution is 5.76. The van der Waals surface area contributed by atoms with E-state index in [1.807, 2.05) is 0 Å². The van der Waals surface area contributed by atoms with Gasteiger partial charge in [0, 0.05) is 24.6 Å². The van der Waals surface area contributed by atoms with Gasteiger partial charge in [-0.25, -0.2) is 4.39 Å². The maximum absolute atomic E-state index is 14.2. The summed E-state index contributed by atoms with van der Waals surface area (Å²) in [7, 11) is 1.47. The number of carbonyl (C=O) groups excluding carboxylic acids is 1. The van der Waals surface area contributed by atoms with E-state index in [-0.39, 0.29) is 23.4 Å². The Labute approximate surface area is 119 Å². The smallest absolute Gasteiger partial charge is 0.169 e. The Morgan fingerprint density at radius 2 is 2.25 bits per heavy atom. The maximum Gasteiger partial charge on any atom is 0.169 e. The quantitative estimate of drug-likeness (QED) is 0.829. The third kappa shape index (κ3) is 3.57. The summed E-state index contributed by atoms with van der Waals surface area (Å²) in [5.74, 6) is 0.192. The summed E-state index contributed by atoms with van der Waals surface area (Å²) in [6.07, 6.45) is 3.84. The first kappa shape index (κ1) is 15.0. The number of methoxy groups -OCH3 is 1. The highest BCUT2D eigenvalue weighted by Crippen LogP contribution is 2.26. The van der Waals surface area contributed by atoms with Crippen LogP contribution >= 0.6 is 0 Å². The van der Waals surface area contributed by atoms with E-state index in [1.165, 1.54) is 7.11 Å². The molecule has 2 rings (SSSR count). The second-order valence-corrected chi connectivity index (χ2v) is 5.46. The zero-order valence-corrected chi connectivity index (χ0v) is 12.2. The molecule has 1 saturated heterocycles. The van der Waals surface area contributed by atoms with Crippen molar-refractivity contribution in [2.45, 2.75) is 45.2 Å². The Hall–Kier alpha value is -1.42. The van der Waals surface area contributed by atoms with Crippen molar-refractivity contribution in [3.05, 3.63) is 29.6 Å². The van der Waals surface area contributed by atoms with Gasteiger partial charge in [-0.15, -0.1) is 0 Å². The van der Waals surface area contributed by atoms with E-state index in [0.717, 1.165) is 25.8 Å². The molecule has 4 heteroatoms. The lowest BCUT2D eigenvalue weighted by Gasteiger charge is -2.35. The molecule has 0 saturated carbocycles. The number of benzene rings is 1. The van der Waals surface area contributed by atoms with Crippen molar-refractivity contribution in [1.82, 2.24) is 4.90 Å². The number of likely N-dealkylation sites (tertiary alicyclic amines) is 1. The summed E-state index contributed by atoms with van der Waals surface area (Å²) in [4.78, 5) is 13.6. The van der Waals surface area contributed by atoms with Crippen LogP contribution < -0.4 is 4.74 Å². The molecule has 0 amide bonds. The number of piperidine rings is 1. The summed E-state index contributed by atoms with van der Waals surface area (Å²) in [6, 6.07) is 5.47. The Morgan fingerprint density at radius 3 is 2.95 bits per heavy atom. The number of hydrogen-bond acceptors (Lipinski definition) is 3. The molecule has 3 nitrogen and oxygen atoms in total. The number of rotatable bonds is 5. The minimum atomic E-state index is -0.290. The SMILES string of the molecule is COc1cccc(CN2CCCCC2CC(C)=O)c1F. The predicted octanol–water partition coefficient (Wildman–Crippen LogP) is 3.17. The van der Waals surface area contributed by atoms with Gasteiger partial charge in [-0.2, -0.15) is 0 Å². The molecule has 1 heterocycles. The Morgan fingerprint density at radius 1 is 1.45 bits per heavy atom. The summed E-state index contributed by atoms with van der Waals surface area (Å²) < 4.78 is 19.2. The molecule has 1 unspecified atom stereocenters. The predicted molar refractivity (Wildman–Crippen MR) is 76.3 cm³/mol. The van der Waals surface area contributed by atoms with E-state index in [1.54, 1.807) is 25.1 Å². The lowest BCUT2D eigenvalue weighted by Crippen LogP contribution is -2.40. The average molecular weight is 279 g/mol. The highest BCUT2D eigenvalue weighted by Gasteiger charge is 2.24. The van der Waals surface area contributed by atoms with Crippen LogP contribution in [0.5, 0.6) is 5.75 Å². The number of Topliss-reactive ketones (excluding diaryl/α,β-unsaturated/α-hetero) is 1. The molecule has 0 spiro atoms. The molecule has 1 atom stereocenters. The standard InChI is InChI=1S/C16H22FNO2/c1-12(19)10-14-7-3-4-9-18(14)11-13-6-5-8-15(20-2)16(13)17/h5-6,8,14H,3-4,7,9-11H2,1-2H3. The molecule has 1 fully saturated rings. The van der Waals surface area contributed by atoms with E-state index >= 15 is 0 Å². The van der Waals surface area contributed by atoms with Gasteiger partial charge in [0.15, 0.2) is 11.6 Å². The molecule has 1 aliphatic rings. The zero-order valence-electron chi connectivity index (χ0n) is 12.2. The number of hydrogen-bond donors (Lipinski definition) is 0. The van der Waals surface area contributed by atoms with E-state index in [4.69, 9.17) is 4.74 Å². The molecule has 0 N–H and O–H groups in total. The van der Waals surface area contributed by atoms with Crippen LogP contribution in [0.2, 0.25) is 0 Å². The van der Waals surface area contributed by atoms with Crippen molar-refractivity contribution in [3.63, 3.8) is 0 Å². The van der Waals surface area contributed by atoms with Gasteiger partial charge in [0.2, 0.25) is 0 Å². The van der Waals surface area contributed by atoms with E-state index < -0.39 is 0 Å². The summed E-state index contributed by atoms with van der Waals surface area (Å²) in [5, 5.41) is 0. The second-order valence-electron chi connectivity index (χ2n) is 5.46. The van der Waals surface area contributed by atoms with Gasteiger partial charge in [-0.3, -0.25) is 9.69 Å². The molecule has 0 bridgehead atoms. The first-order valence-corrected chi connectivity index (χ1v) is 7.16. The molecule has 0 aliphatic carbocycles. The molecular weight excluding hydrogens is 257 g/mol. The average Bonchev–Trinajstić information content (AvgIpc) is 2.42. The van der Waals surface area contributed by atoms with Crippen molar-refractivity contribution < 1.29 is 13.9 Å². The zero-order chi connectivity index (χ0) is 14.5. The Balaban J connectivity index is 2.12. The lowest BCUT2D eigenvalue weighted by atomic mass is 9.97. The van der Waals surface area contributed by atoms with Gasteiger partial charge in [0.25, 0.3) is 0 Å².